The van der Waals surface area contributed by atoms with Gasteiger partial charge in [0.1, 0.15) is 6.29 Å². The summed E-state index contributed by atoms with van der Waals surface area (Å²) in [4.78, 5) is 10.0. The van der Waals surface area contributed by atoms with E-state index in [2.05, 4.69) is 6.58 Å². The summed E-state index contributed by atoms with van der Waals surface area (Å²) < 4.78 is 0. The van der Waals surface area contributed by atoms with Crippen molar-refractivity contribution in [3.63, 3.8) is 0 Å². The average Bonchev–Trinajstić information content (AvgIpc) is 2.04. The second-order valence-corrected chi connectivity index (χ2v) is 2.52. The third-order valence-corrected chi connectivity index (χ3v) is 1.37. The average molecular weight is 162 g/mol. The molecule has 0 unspecified atom stereocenters. The molecule has 0 aromatic carbocycles. The predicted octanol–water partition coefficient (Wildman–Crippen LogP) is 2.82. The Balaban J connectivity index is 4.16. The van der Waals surface area contributed by atoms with Gasteiger partial charge in [0, 0.05) is 0 Å². The molecule has 0 aliphatic heterocycles. The fourth-order valence-corrected chi connectivity index (χ4v) is 0.583. The number of aldehydes is 1. The molecule has 1 nitrogen and oxygen atoms in total. The molecule has 0 bridgehead atoms. The fraction of sp³-hybridized carbons (Fsp3) is 0.182. The molecule has 0 aromatic heterocycles. The molecule has 0 amide bonds. The lowest BCUT2D eigenvalue weighted by Gasteiger charge is -1.86. The SMILES string of the molecule is C=C/C(C)=C/C=C/C(C)=C/C=O. The van der Waals surface area contributed by atoms with E-state index < -0.39 is 0 Å². The number of rotatable bonds is 4. The molecule has 0 fully saturated rings. The van der Waals surface area contributed by atoms with E-state index in [4.69, 9.17) is 0 Å². The first kappa shape index (κ1) is 10.6. The largest absolute Gasteiger partial charge is 0.299 e. The lowest BCUT2D eigenvalue weighted by Crippen LogP contribution is -1.69. The summed E-state index contributed by atoms with van der Waals surface area (Å²) >= 11 is 0. The lowest BCUT2D eigenvalue weighted by atomic mass is 10.2. The van der Waals surface area contributed by atoms with Gasteiger partial charge in [-0.05, 0) is 25.5 Å². The minimum atomic E-state index is 0.781. The molecule has 0 heterocycles. The Morgan fingerprint density at radius 1 is 1.17 bits per heavy atom. The fourth-order valence-electron chi connectivity index (χ4n) is 0.583. The Morgan fingerprint density at radius 3 is 2.33 bits per heavy atom. The van der Waals surface area contributed by atoms with Crippen molar-refractivity contribution in [2.24, 2.45) is 0 Å². The second-order valence-electron chi connectivity index (χ2n) is 2.52. The van der Waals surface area contributed by atoms with Crippen LogP contribution in [0.2, 0.25) is 0 Å². The molecule has 0 aliphatic carbocycles. The molecular formula is C11H14O. The minimum absolute atomic E-state index is 0.781. The van der Waals surface area contributed by atoms with Crippen LogP contribution in [0.3, 0.4) is 0 Å². The van der Waals surface area contributed by atoms with Gasteiger partial charge in [-0.2, -0.15) is 0 Å². The third-order valence-electron chi connectivity index (χ3n) is 1.37. The van der Waals surface area contributed by atoms with Gasteiger partial charge in [0.25, 0.3) is 0 Å². The van der Waals surface area contributed by atoms with Crippen LogP contribution in [0.1, 0.15) is 13.8 Å². The van der Waals surface area contributed by atoms with Crippen molar-refractivity contribution in [2.45, 2.75) is 13.8 Å². The van der Waals surface area contributed by atoms with Gasteiger partial charge in [0.15, 0.2) is 0 Å². The predicted molar refractivity (Wildman–Crippen MR) is 52.9 cm³/mol. The Bertz CT molecular complexity index is 242. The Labute approximate surface area is 73.8 Å². The van der Waals surface area contributed by atoms with Crippen molar-refractivity contribution < 1.29 is 4.79 Å². The maximum atomic E-state index is 10.0. The molecule has 0 aliphatic rings. The normalized spacial score (nSPS) is 13.5. The van der Waals surface area contributed by atoms with Crippen molar-refractivity contribution in [3.8, 4) is 0 Å². The second kappa shape index (κ2) is 6.35. The molecule has 1 heteroatoms. The van der Waals surface area contributed by atoms with Crippen LogP contribution in [-0.4, -0.2) is 6.29 Å². The monoisotopic (exact) mass is 162 g/mol. The van der Waals surface area contributed by atoms with Gasteiger partial charge in [-0.1, -0.05) is 36.5 Å². The van der Waals surface area contributed by atoms with Gasteiger partial charge >= 0.3 is 0 Å². The molecule has 0 radical (unpaired) electrons. The van der Waals surface area contributed by atoms with Gasteiger partial charge in [-0.25, -0.2) is 0 Å². The van der Waals surface area contributed by atoms with Crippen molar-refractivity contribution in [2.75, 3.05) is 0 Å². The molecule has 12 heavy (non-hydrogen) atoms. The molecule has 0 atom stereocenters. The van der Waals surface area contributed by atoms with Crippen LogP contribution in [0.15, 0.2) is 48.1 Å². The summed E-state index contributed by atoms with van der Waals surface area (Å²) in [5.41, 5.74) is 2.04. The van der Waals surface area contributed by atoms with E-state index in [9.17, 15) is 4.79 Å². The molecule has 0 spiro atoms. The van der Waals surface area contributed by atoms with Crippen LogP contribution in [-0.2, 0) is 4.79 Å². The van der Waals surface area contributed by atoms with E-state index in [1.54, 1.807) is 6.08 Å². The van der Waals surface area contributed by atoms with Crippen molar-refractivity contribution in [1.82, 2.24) is 0 Å². The molecule has 0 N–H and O–H groups in total. The van der Waals surface area contributed by atoms with Gasteiger partial charge in [0.05, 0.1) is 0 Å². The smallest absolute Gasteiger partial charge is 0.143 e. The van der Waals surface area contributed by atoms with Crippen LogP contribution < -0.4 is 0 Å². The highest BCUT2D eigenvalue weighted by molar-refractivity contribution is 5.66. The van der Waals surface area contributed by atoms with E-state index in [-0.39, 0.29) is 0 Å². The Morgan fingerprint density at radius 2 is 1.83 bits per heavy atom. The van der Waals surface area contributed by atoms with E-state index in [1.807, 2.05) is 32.1 Å². The highest BCUT2D eigenvalue weighted by Gasteiger charge is 1.78. The highest BCUT2D eigenvalue weighted by Crippen LogP contribution is 1.97. The van der Waals surface area contributed by atoms with Crippen LogP contribution in [0.25, 0.3) is 0 Å². The zero-order valence-corrected chi connectivity index (χ0v) is 7.58. The maximum Gasteiger partial charge on any atom is 0.143 e. The number of carbonyl (C=O) groups is 1. The quantitative estimate of drug-likeness (QED) is 0.353. The Kier molecular flexibility index (Phi) is 5.62. The zero-order chi connectivity index (χ0) is 9.40. The summed E-state index contributed by atoms with van der Waals surface area (Å²) in [7, 11) is 0. The standard InChI is InChI=1S/C11H14O/c1-4-10(2)6-5-7-11(3)8-9-12/h4-9H,1H2,2-3H3/b7-5+,10-6+,11-8+. The molecule has 0 aromatic rings. The summed E-state index contributed by atoms with van der Waals surface area (Å²) in [6.45, 7) is 7.47. The number of allylic oxidation sites excluding steroid dienone is 7. The highest BCUT2D eigenvalue weighted by atomic mass is 16.1. The summed E-state index contributed by atoms with van der Waals surface area (Å²) in [6, 6.07) is 0. The molecule has 64 valence electrons. The van der Waals surface area contributed by atoms with Crippen molar-refractivity contribution >= 4 is 6.29 Å². The van der Waals surface area contributed by atoms with Crippen LogP contribution in [0.4, 0.5) is 0 Å². The number of hydrogen-bond acceptors (Lipinski definition) is 1. The number of carbonyl (C=O) groups excluding carboxylic acids is 1. The third kappa shape index (κ3) is 5.42. The van der Waals surface area contributed by atoms with Crippen LogP contribution >= 0.6 is 0 Å². The summed E-state index contributed by atoms with van der Waals surface area (Å²) in [5, 5.41) is 0. The summed E-state index contributed by atoms with van der Waals surface area (Å²) in [6.07, 6.45) is 9.79. The van der Waals surface area contributed by atoms with E-state index in [0.29, 0.717) is 0 Å². The van der Waals surface area contributed by atoms with E-state index >= 15 is 0 Å². The van der Waals surface area contributed by atoms with E-state index in [0.717, 1.165) is 17.4 Å². The van der Waals surface area contributed by atoms with E-state index in [1.165, 1.54) is 6.08 Å². The zero-order valence-electron chi connectivity index (χ0n) is 7.58. The first-order valence-electron chi connectivity index (χ1n) is 3.80. The molecule has 0 rings (SSSR count). The molecular weight excluding hydrogens is 148 g/mol. The first-order valence-corrected chi connectivity index (χ1v) is 3.80. The van der Waals surface area contributed by atoms with Gasteiger partial charge in [0.2, 0.25) is 0 Å². The molecule has 0 saturated heterocycles. The summed E-state index contributed by atoms with van der Waals surface area (Å²) in [5.74, 6) is 0. The van der Waals surface area contributed by atoms with Crippen LogP contribution in [0, 0.1) is 0 Å². The lowest BCUT2D eigenvalue weighted by molar-refractivity contribution is -0.104. The maximum absolute atomic E-state index is 10.0. The minimum Gasteiger partial charge on any atom is -0.299 e. The van der Waals surface area contributed by atoms with Gasteiger partial charge in [-0.15, -0.1) is 0 Å². The Hall–Kier alpha value is -1.37. The van der Waals surface area contributed by atoms with Crippen molar-refractivity contribution in [1.29, 1.82) is 0 Å². The number of hydrogen-bond donors (Lipinski definition) is 0. The van der Waals surface area contributed by atoms with Crippen molar-refractivity contribution in [3.05, 3.63) is 48.1 Å². The molecule has 0 saturated carbocycles. The topological polar surface area (TPSA) is 17.1 Å². The van der Waals surface area contributed by atoms with Crippen LogP contribution in [0.5, 0.6) is 0 Å². The first-order chi connectivity index (χ1) is 5.70. The van der Waals surface area contributed by atoms with Gasteiger partial charge in [-0.3, -0.25) is 4.79 Å². The van der Waals surface area contributed by atoms with Gasteiger partial charge < -0.3 is 0 Å².